The summed E-state index contributed by atoms with van der Waals surface area (Å²) in [5.74, 6) is 0. The van der Waals surface area contributed by atoms with E-state index in [9.17, 15) is 0 Å². The van der Waals surface area contributed by atoms with Crippen molar-refractivity contribution >= 4 is 65.6 Å². The minimum Gasteiger partial charge on any atom is -0.456 e. The minimum absolute atomic E-state index is 0.900. The molecule has 8 aromatic carbocycles. The molecule has 0 spiro atoms. The highest BCUT2D eigenvalue weighted by Crippen LogP contribution is 2.47. The first-order valence-corrected chi connectivity index (χ1v) is 17.4. The van der Waals surface area contributed by atoms with Gasteiger partial charge in [0.1, 0.15) is 11.2 Å². The number of benzene rings is 8. The van der Waals surface area contributed by atoms with E-state index < -0.39 is 0 Å². The van der Waals surface area contributed by atoms with Crippen LogP contribution in [0.4, 0.5) is 0 Å². The molecule has 0 atom stereocenters. The van der Waals surface area contributed by atoms with Gasteiger partial charge >= 0.3 is 0 Å². The van der Waals surface area contributed by atoms with Crippen molar-refractivity contribution in [3.05, 3.63) is 182 Å². The molecule has 0 fully saturated rings. The highest BCUT2D eigenvalue weighted by atomic mass is 16.3. The van der Waals surface area contributed by atoms with Crippen molar-refractivity contribution in [1.82, 2.24) is 9.13 Å². The predicted octanol–water partition coefficient (Wildman–Crippen LogP) is 13.1. The molecule has 0 saturated carbocycles. The van der Waals surface area contributed by atoms with Crippen LogP contribution in [0.1, 0.15) is 0 Å². The second-order valence-electron chi connectivity index (χ2n) is 13.3. The number of rotatable bonds is 4. The number of hydrogen-bond acceptors (Lipinski definition) is 1. The first-order chi connectivity index (χ1) is 25.3. The molecule has 0 radical (unpaired) electrons. The first kappa shape index (κ1) is 28.0. The molecule has 0 unspecified atom stereocenters. The molecule has 3 heteroatoms. The number of furan rings is 1. The number of aromatic nitrogens is 2. The van der Waals surface area contributed by atoms with Gasteiger partial charge in [-0.3, -0.25) is 0 Å². The molecule has 0 N–H and O–H groups in total. The lowest BCUT2D eigenvalue weighted by Crippen LogP contribution is -1.95. The Morgan fingerprint density at radius 3 is 1.71 bits per heavy atom. The molecule has 0 aliphatic rings. The van der Waals surface area contributed by atoms with Gasteiger partial charge in [0.25, 0.3) is 0 Å². The lowest BCUT2D eigenvalue weighted by Gasteiger charge is -2.15. The topological polar surface area (TPSA) is 23.0 Å². The number of nitrogens with zero attached hydrogens (tertiary/aromatic N) is 2. The maximum absolute atomic E-state index is 6.22. The van der Waals surface area contributed by atoms with Crippen molar-refractivity contribution in [3.63, 3.8) is 0 Å². The summed E-state index contributed by atoms with van der Waals surface area (Å²) in [5, 5.41) is 7.23. The standard InChI is InChI=1S/C48H30N2O/c1-3-14-31(15-4-1)46-36(27-28-43-48(46)38-20-8-11-23-41(38)49(43)32-16-5-2-6-17-32)35-21-13-24-42-47(35)37-19-7-10-22-40(37)50(42)33-26-29-45-39(30-33)34-18-9-12-25-44(34)51-45/h1-30H. The SMILES string of the molecule is c1ccc(-c2c(-c3cccc4c3c3ccccc3n4-c3ccc4oc5ccccc5c4c3)ccc3c2c2ccccc2n3-c2ccccc2)cc1. The van der Waals surface area contributed by atoms with Crippen molar-refractivity contribution < 1.29 is 4.42 Å². The maximum Gasteiger partial charge on any atom is 0.135 e. The monoisotopic (exact) mass is 650 g/mol. The van der Waals surface area contributed by atoms with E-state index in [2.05, 4.69) is 179 Å². The maximum atomic E-state index is 6.22. The summed E-state index contributed by atoms with van der Waals surface area (Å²) in [6, 6.07) is 65.5. The highest BCUT2D eigenvalue weighted by Gasteiger charge is 2.23. The highest BCUT2D eigenvalue weighted by molar-refractivity contribution is 6.22. The van der Waals surface area contributed by atoms with Crippen LogP contribution in [-0.2, 0) is 0 Å². The molecule has 51 heavy (non-hydrogen) atoms. The van der Waals surface area contributed by atoms with Gasteiger partial charge in [-0.1, -0.05) is 121 Å². The van der Waals surface area contributed by atoms with Gasteiger partial charge in [-0.25, -0.2) is 0 Å². The average Bonchev–Trinajstić information content (AvgIpc) is 3.86. The molecule has 0 amide bonds. The minimum atomic E-state index is 0.900. The lowest BCUT2D eigenvalue weighted by molar-refractivity contribution is 0.669. The Bertz CT molecular complexity index is 3130. The molecule has 3 heterocycles. The quantitative estimate of drug-likeness (QED) is 0.186. The van der Waals surface area contributed by atoms with Gasteiger partial charge in [-0.15, -0.1) is 0 Å². The Morgan fingerprint density at radius 1 is 0.333 bits per heavy atom. The molecular formula is C48H30N2O. The third kappa shape index (κ3) is 4.06. The first-order valence-electron chi connectivity index (χ1n) is 17.4. The number of hydrogen-bond donors (Lipinski definition) is 0. The van der Waals surface area contributed by atoms with E-state index in [-0.39, 0.29) is 0 Å². The van der Waals surface area contributed by atoms with Gasteiger partial charge in [0, 0.05) is 43.7 Å². The zero-order valence-corrected chi connectivity index (χ0v) is 27.6. The van der Waals surface area contributed by atoms with E-state index in [4.69, 9.17) is 4.42 Å². The summed E-state index contributed by atoms with van der Waals surface area (Å²) in [5.41, 5.74) is 13.7. The molecule has 11 aromatic rings. The second kappa shape index (κ2) is 10.8. The number of fused-ring (bicyclic) bond motifs is 9. The Morgan fingerprint density at radius 2 is 0.922 bits per heavy atom. The fourth-order valence-corrected chi connectivity index (χ4v) is 8.42. The van der Waals surface area contributed by atoms with Gasteiger partial charge in [-0.05, 0) is 82.9 Å². The van der Waals surface area contributed by atoms with Crippen LogP contribution in [0.3, 0.4) is 0 Å². The molecular weight excluding hydrogens is 621 g/mol. The summed E-state index contributed by atoms with van der Waals surface area (Å²) in [7, 11) is 0. The van der Waals surface area contributed by atoms with Crippen LogP contribution in [0.25, 0.3) is 99.2 Å². The van der Waals surface area contributed by atoms with Gasteiger partial charge in [0.15, 0.2) is 0 Å². The third-order valence-corrected chi connectivity index (χ3v) is 10.5. The zero-order chi connectivity index (χ0) is 33.5. The molecule has 0 aliphatic heterocycles. The Balaban J connectivity index is 1.25. The fraction of sp³-hybridized carbons (Fsp3) is 0. The molecule has 11 rings (SSSR count). The third-order valence-electron chi connectivity index (χ3n) is 10.5. The van der Waals surface area contributed by atoms with E-state index in [0.717, 1.165) is 33.3 Å². The number of para-hydroxylation sites is 4. The molecule has 3 nitrogen and oxygen atoms in total. The van der Waals surface area contributed by atoms with E-state index >= 15 is 0 Å². The van der Waals surface area contributed by atoms with Crippen LogP contribution < -0.4 is 0 Å². The van der Waals surface area contributed by atoms with Gasteiger partial charge in [0.2, 0.25) is 0 Å². The Kier molecular flexibility index (Phi) is 5.96. The predicted molar refractivity (Wildman–Crippen MR) is 213 cm³/mol. The van der Waals surface area contributed by atoms with Crippen molar-refractivity contribution in [2.24, 2.45) is 0 Å². The Hall–Kier alpha value is -6.84. The van der Waals surface area contributed by atoms with Crippen molar-refractivity contribution in [1.29, 1.82) is 0 Å². The van der Waals surface area contributed by atoms with Gasteiger partial charge < -0.3 is 13.6 Å². The fourth-order valence-electron chi connectivity index (χ4n) is 8.42. The van der Waals surface area contributed by atoms with Crippen LogP contribution >= 0.6 is 0 Å². The normalized spacial score (nSPS) is 11.9. The van der Waals surface area contributed by atoms with E-state index in [1.807, 2.05) is 12.1 Å². The summed E-state index contributed by atoms with van der Waals surface area (Å²) < 4.78 is 11.0. The van der Waals surface area contributed by atoms with Gasteiger partial charge in [-0.2, -0.15) is 0 Å². The van der Waals surface area contributed by atoms with Crippen LogP contribution in [0.5, 0.6) is 0 Å². The largest absolute Gasteiger partial charge is 0.456 e. The van der Waals surface area contributed by atoms with E-state index in [1.165, 1.54) is 65.9 Å². The second-order valence-corrected chi connectivity index (χ2v) is 13.3. The molecule has 0 saturated heterocycles. The summed E-state index contributed by atoms with van der Waals surface area (Å²) in [6.07, 6.45) is 0. The van der Waals surface area contributed by atoms with Crippen LogP contribution in [0.15, 0.2) is 186 Å². The summed E-state index contributed by atoms with van der Waals surface area (Å²) >= 11 is 0. The smallest absolute Gasteiger partial charge is 0.135 e. The Labute approximate surface area is 293 Å². The average molecular weight is 651 g/mol. The molecule has 238 valence electrons. The molecule has 3 aromatic heterocycles. The van der Waals surface area contributed by atoms with Gasteiger partial charge in [0.05, 0.1) is 22.1 Å². The van der Waals surface area contributed by atoms with Crippen LogP contribution in [-0.4, -0.2) is 9.13 Å². The van der Waals surface area contributed by atoms with E-state index in [0.29, 0.717) is 0 Å². The lowest BCUT2D eigenvalue weighted by atomic mass is 9.89. The van der Waals surface area contributed by atoms with Crippen LogP contribution in [0, 0.1) is 0 Å². The molecule has 0 aliphatic carbocycles. The summed E-state index contributed by atoms with van der Waals surface area (Å²) in [4.78, 5) is 0. The summed E-state index contributed by atoms with van der Waals surface area (Å²) in [6.45, 7) is 0. The van der Waals surface area contributed by atoms with Crippen molar-refractivity contribution in [2.45, 2.75) is 0 Å². The molecule has 0 bridgehead atoms. The zero-order valence-electron chi connectivity index (χ0n) is 27.6. The van der Waals surface area contributed by atoms with Crippen LogP contribution in [0.2, 0.25) is 0 Å². The van der Waals surface area contributed by atoms with Crippen molar-refractivity contribution in [2.75, 3.05) is 0 Å². The van der Waals surface area contributed by atoms with E-state index in [1.54, 1.807) is 0 Å². The van der Waals surface area contributed by atoms with Crippen molar-refractivity contribution in [3.8, 4) is 33.6 Å².